The van der Waals surface area contributed by atoms with Crippen LogP contribution in [0.1, 0.15) is 5.56 Å². The highest BCUT2D eigenvalue weighted by atomic mass is 16.5. The minimum Gasteiger partial charge on any atom is -0.380 e. The monoisotopic (exact) mass is 439 g/mol. The van der Waals surface area contributed by atoms with Crippen molar-refractivity contribution in [3.05, 3.63) is 72.9 Å². The first-order chi connectivity index (χ1) is 16.2. The summed E-state index contributed by atoms with van der Waals surface area (Å²) in [5.41, 5.74) is 8.32. The highest BCUT2D eigenvalue weighted by Crippen LogP contribution is 2.30. The predicted octanol–water partition coefficient (Wildman–Crippen LogP) is 3.92. The minimum absolute atomic E-state index is 0.561. The number of fused-ring (bicyclic) bond motifs is 1. The number of hydrogen-bond acceptors (Lipinski definition) is 6. The zero-order valence-electron chi connectivity index (χ0n) is 18.6. The lowest BCUT2D eigenvalue weighted by molar-refractivity contribution is 0.185. The SMILES string of the molecule is CNCCn1cc(-c2cnc3ccc(-c4nc[nH]c4-c4cccc(COC)c4)nc3c2)cn1. The summed E-state index contributed by atoms with van der Waals surface area (Å²) in [6.45, 7) is 2.24. The first-order valence-corrected chi connectivity index (χ1v) is 10.8. The second-order valence-electron chi connectivity index (χ2n) is 7.81. The molecule has 5 aromatic rings. The van der Waals surface area contributed by atoms with E-state index in [0.29, 0.717) is 6.61 Å². The predicted molar refractivity (Wildman–Crippen MR) is 128 cm³/mol. The molecule has 0 bridgehead atoms. The summed E-state index contributed by atoms with van der Waals surface area (Å²) in [5.74, 6) is 0. The van der Waals surface area contributed by atoms with Gasteiger partial charge in [0.1, 0.15) is 5.69 Å². The van der Waals surface area contributed by atoms with Gasteiger partial charge in [0.25, 0.3) is 0 Å². The molecule has 1 aromatic carbocycles. The van der Waals surface area contributed by atoms with Gasteiger partial charge in [0.15, 0.2) is 0 Å². The third kappa shape index (κ3) is 4.39. The lowest BCUT2D eigenvalue weighted by atomic mass is 10.1. The fourth-order valence-electron chi connectivity index (χ4n) is 3.85. The van der Waals surface area contributed by atoms with Crippen molar-refractivity contribution in [2.24, 2.45) is 0 Å². The van der Waals surface area contributed by atoms with E-state index in [9.17, 15) is 0 Å². The van der Waals surface area contributed by atoms with Gasteiger partial charge >= 0.3 is 0 Å². The van der Waals surface area contributed by atoms with E-state index < -0.39 is 0 Å². The Kier molecular flexibility index (Phi) is 5.93. The summed E-state index contributed by atoms with van der Waals surface area (Å²) in [6.07, 6.45) is 7.46. The number of pyridine rings is 2. The van der Waals surface area contributed by atoms with Crippen molar-refractivity contribution < 1.29 is 4.74 Å². The summed E-state index contributed by atoms with van der Waals surface area (Å²) in [7, 11) is 3.63. The van der Waals surface area contributed by atoms with Crippen LogP contribution in [0.25, 0.3) is 44.8 Å². The highest BCUT2D eigenvalue weighted by molar-refractivity contribution is 5.84. The fraction of sp³-hybridized carbons (Fsp3) is 0.200. The number of aromatic amines is 1. The highest BCUT2D eigenvalue weighted by Gasteiger charge is 2.14. The van der Waals surface area contributed by atoms with Crippen molar-refractivity contribution in [3.63, 3.8) is 0 Å². The van der Waals surface area contributed by atoms with Gasteiger partial charge in [-0.15, -0.1) is 0 Å². The van der Waals surface area contributed by atoms with Gasteiger partial charge in [0.2, 0.25) is 0 Å². The van der Waals surface area contributed by atoms with E-state index in [-0.39, 0.29) is 0 Å². The number of rotatable bonds is 8. The number of ether oxygens (including phenoxy) is 1. The molecule has 0 aliphatic carbocycles. The Balaban J connectivity index is 1.50. The van der Waals surface area contributed by atoms with Crippen LogP contribution in [0.15, 0.2) is 67.4 Å². The van der Waals surface area contributed by atoms with Crippen molar-refractivity contribution >= 4 is 11.0 Å². The molecule has 0 aliphatic rings. The average Bonchev–Trinajstić information content (AvgIpc) is 3.53. The zero-order chi connectivity index (χ0) is 22.6. The number of nitrogens with one attached hydrogen (secondary N) is 2. The Bertz CT molecular complexity index is 1390. The number of aromatic nitrogens is 6. The minimum atomic E-state index is 0.561. The fourth-order valence-corrected chi connectivity index (χ4v) is 3.85. The molecule has 4 heterocycles. The summed E-state index contributed by atoms with van der Waals surface area (Å²) in [5, 5.41) is 7.58. The molecule has 5 rings (SSSR count). The molecular weight excluding hydrogens is 414 g/mol. The Labute approximate surface area is 191 Å². The molecule has 0 saturated heterocycles. The number of likely N-dealkylation sites (N-methyl/N-ethyl adjacent to an activating group) is 1. The quantitative estimate of drug-likeness (QED) is 0.381. The Morgan fingerprint density at radius 2 is 1.94 bits per heavy atom. The van der Waals surface area contributed by atoms with Crippen LogP contribution in [-0.4, -0.2) is 50.4 Å². The first-order valence-electron chi connectivity index (χ1n) is 10.8. The Hall–Kier alpha value is -3.88. The molecule has 0 fully saturated rings. The van der Waals surface area contributed by atoms with Crippen LogP contribution in [0, 0.1) is 0 Å². The zero-order valence-corrected chi connectivity index (χ0v) is 18.6. The van der Waals surface area contributed by atoms with Gasteiger partial charge in [-0.2, -0.15) is 5.10 Å². The van der Waals surface area contributed by atoms with Crippen molar-refractivity contribution in [2.75, 3.05) is 20.7 Å². The maximum Gasteiger partial charge on any atom is 0.114 e. The number of nitrogens with zero attached hydrogens (tertiary/aromatic N) is 5. The average molecular weight is 440 g/mol. The van der Waals surface area contributed by atoms with Crippen LogP contribution in [0.5, 0.6) is 0 Å². The van der Waals surface area contributed by atoms with Crippen molar-refractivity contribution in [1.29, 1.82) is 0 Å². The summed E-state index contributed by atoms with van der Waals surface area (Å²) >= 11 is 0. The number of H-pyrrole nitrogens is 1. The summed E-state index contributed by atoms with van der Waals surface area (Å²) < 4.78 is 7.20. The summed E-state index contributed by atoms with van der Waals surface area (Å²) in [6, 6.07) is 14.2. The van der Waals surface area contributed by atoms with Gasteiger partial charge in [-0.3, -0.25) is 9.67 Å². The number of methoxy groups -OCH3 is 1. The standard InChI is InChI=1S/C25H25N7O/c1-26-8-9-32-14-20(13-30-32)19-11-23-21(27-12-19)6-7-22(31-23)25-24(28-16-29-25)18-5-3-4-17(10-18)15-33-2/h3-7,10-14,16,26H,8-9,15H2,1-2H3,(H,28,29). The molecule has 0 spiro atoms. The number of imidazole rings is 1. The van der Waals surface area contributed by atoms with Gasteiger partial charge in [-0.05, 0) is 36.9 Å². The van der Waals surface area contributed by atoms with Crippen LogP contribution in [0.4, 0.5) is 0 Å². The second-order valence-corrected chi connectivity index (χ2v) is 7.81. The van der Waals surface area contributed by atoms with E-state index >= 15 is 0 Å². The topological polar surface area (TPSA) is 93.5 Å². The second kappa shape index (κ2) is 9.32. The van der Waals surface area contributed by atoms with Crippen molar-refractivity contribution in [1.82, 2.24) is 35.0 Å². The van der Waals surface area contributed by atoms with Crippen LogP contribution in [0.3, 0.4) is 0 Å². The molecule has 0 aliphatic heterocycles. The molecule has 4 aromatic heterocycles. The molecule has 0 amide bonds. The van der Waals surface area contributed by atoms with E-state index in [0.717, 1.165) is 63.5 Å². The smallest absolute Gasteiger partial charge is 0.114 e. The Morgan fingerprint density at radius 3 is 2.82 bits per heavy atom. The molecule has 0 saturated carbocycles. The maximum atomic E-state index is 5.28. The molecule has 166 valence electrons. The van der Waals surface area contributed by atoms with E-state index in [1.165, 1.54) is 0 Å². The van der Waals surface area contributed by atoms with E-state index in [1.54, 1.807) is 13.4 Å². The largest absolute Gasteiger partial charge is 0.380 e. The van der Waals surface area contributed by atoms with Crippen molar-refractivity contribution in [2.45, 2.75) is 13.2 Å². The molecule has 33 heavy (non-hydrogen) atoms. The van der Waals surface area contributed by atoms with Crippen LogP contribution >= 0.6 is 0 Å². The summed E-state index contributed by atoms with van der Waals surface area (Å²) in [4.78, 5) is 17.3. The normalized spacial score (nSPS) is 11.3. The molecule has 8 heteroatoms. The van der Waals surface area contributed by atoms with Gasteiger partial charge in [-0.1, -0.05) is 18.2 Å². The maximum absolute atomic E-state index is 5.28. The number of benzene rings is 1. The van der Waals surface area contributed by atoms with Gasteiger partial charge in [0, 0.05) is 42.7 Å². The lowest BCUT2D eigenvalue weighted by Gasteiger charge is -2.07. The lowest BCUT2D eigenvalue weighted by Crippen LogP contribution is -2.14. The molecule has 0 radical (unpaired) electrons. The molecule has 0 unspecified atom stereocenters. The molecular formula is C25H25N7O. The van der Waals surface area contributed by atoms with Crippen LogP contribution in [0.2, 0.25) is 0 Å². The first kappa shape index (κ1) is 21.0. The van der Waals surface area contributed by atoms with Gasteiger partial charge in [0.05, 0.1) is 48.1 Å². The molecule has 8 nitrogen and oxygen atoms in total. The molecule has 2 N–H and O–H groups in total. The van der Waals surface area contributed by atoms with Crippen molar-refractivity contribution in [3.8, 4) is 33.8 Å². The third-order valence-corrected chi connectivity index (χ3v) is 5.50. The number of hydrogen-bond donors (Lipinski definition) is 2. The van der Waals surface area contributed by atoms with E-state index in [1.807, 2.05) is 54.6 Å². The van der Waals surface area contributed by atoms with Gasteiger partial charge in [-0.25, -0.2) is 9.97 Å². The van der Waals surface area contributed by atoms with Crippen LogP contribution in [-0.2, 0) is 17.9 Å². The van der Waals surface area contributed by atoms with Crippen LogP contribution < -0.4 is 5.32 Å². The van der Waals surface area contributed by atoms with E-state index in [4.69, 9.17) is 9.72 Å². The Morgan fingerprint density at radius 1 is 1.00 bits per heavy atom. The molecule has 0 atom stereocenters. The third-order valence-electron chi connectivity index (χ3n) is 5.50. The van der Waals surface area contributed by atoms with E-state index in [2.05, 4.69) is 43.6 Å². The van der Waals surface area contributed by atoms with Gasteiger partial charge < -0.3 is 15.0 Å².